The van der Waals surface area contributed by atoms with Crippen LogP contribution in [-0.4, -0.2) is 40.3 Å². The monoisotopic (exact) mass is 416 g/mol. The van der Waals surface area contributed by atoms with Gasteiger partial charge in [-0.25, -0.2) is 0 Å². The van der Waals surface area contributed by atoms with Crippen molar-refractivity contribution < 1.29 is 24.5 Å². The maximum absolute atomic E-state index is 12.9. The van der Waals surface area contributed by atoms with E-state index < -0.39 is 24.5 Å². The molecule has 7 heteroatoms. The number of ether oxygens (including phenoxy) is 1. The molecule has 5 rings (SSSR count). The number of amides is 2. The third-order valence-corrected chi connectivity index (χ3v) is 5.94. The molecule has 156 valence electrons. The van der Waals surface area contributed by atoms with Crippen molar-refractivity contribution in [2.24, 2.45) is 7.05 Å². The highest BCUT2D eigenvalue weighted by molar-refractivity contribution is 6.32. The summed E-state index contributed by atoms with van der Waals surface area (Å²) in [6.45, 7) is -0.448. The average molecular weight is 416 g/mol. The fourth-order valence-electron chi connectivity index (χ4n) is 4.47. The van der Waals surface area contributed by atoms with E-state index in [1.165, 1.54) is 7.11 Å². The van der Waals surface area contributed by atoms with Gasteiger partial charge in [-0.3, -0.25) is 14.9 Å². The van der Waals surface area contributed by atoms with Gasteiger partial charge < -0.3 is 19.5 Å². The van der Waals surface area contributed by atoms with Gasteiger partial charge in [0.25, 0.3) is 11.8 Å². The zero-order valence-corrected chi connectivity index (χ0v) is 17.0. The number of imide groups is 1. The van der Waals surface area contributed by atoms with Crippen molar-refractivity contribution in [1.82, 2.24) is 9.88 Å². The van der Waals surface area contributed by atoms with Gasteiger partial charge in [-0.05, 0) is 29.3 Å². The highest BCUT2D eigenvalue weighted by atomic mass is 16.5. The molecule has 1 unspecified atom stereocenters. The summed E-state index contributed by atoms with van der Waals surface area (Å²) in [5.74, 6) is -0.460. The molecule has 7 nitrogen and oxygen atoms in total. The van der Waals surface area contributed by atoms with E-state index in [0.717, 1.165) is 22.0 Å². The molecule has 1 aliphatic rings. The number of nitrogens with one attached hydrogen (secondary N) is 1. The predicted molar refractivity (Wildman–Crippen MR) is 116 cm³/mol. The van der Waals surface area contributed by atoms with E-state index >= 15 is 0 Å². The first-order chi connectivity index (χ1) is 15.0. The summed E-state index contributed by atoms with van der Waals surface area (Å²) in [6, 6.07) is 14.9. The van der Waals surface area contributed by atoms with Crippen molar-refractivity contribution in [1.29, 1.82) is 0 Å². The van der Waals surface area contributed by atoms with Gasteiger partial charge in [0.15, 0.2) is 0 Å². The lowest BCUT2D eigenvalue weighted by Crippen LogP contribution is -2.20. The molecular formula is C24H20N2O5. The average Bonchev–Trinajstić information content (AvgIpc) is 3.25. The highest BCUT2D eigenvalue weighted by Gasteiger charge is 2.34. The molecule has 0 aliphatic carbocycles. The quantitative estimate of drug-likeness (QED) is 0.444. The van der Waals surface area contributed by atoms with Gasteiger partial charge in [0.2, 0.25) is 0 Å². The van der Waals surface area contributed by atoms with Crippen LogP contribution in [0.5, 0.6) is 5.75 Å². The molecule has 1 aromatic heterocycles. The summed E-state index contributed by atoms with van der Waals surface area (Å²) in [4.78, 5) is 25.6. The van der Waals surface area contributed by atoms with E-state index in [1.807, 2.05) is 48.0 Å². The number of rotatable bonds is 4. The van der Waals surface area contributed by atoms with Crippen LogP contribution in [0.1, 0.15) is 32.4 Å². The summed E-state index contributed by atoms with van der Waals surface area (Å²) in [5, 5.41) is 23.5. The van der Waals surface area contributed by atoms with Gasteiger partial charge in [0.05, 0.1) is 30.4 Å². The second-order valence-electron chi connectivity index (χ2n) is 7.59. The van der Waals surface area contributed by atoms with Crippen molar-refractivity contribution in [3.05, 3.63) is 65.2 Å². The number of benzene rings is 3. The molecule has 4 aromatic rings. The first kappa shape index (κ1) is 19.3. The second kappa shape index (κ2) is 6.94. The predicted octanol–water partition coefficient (Wildman–Crippen LogP) is 2.92. The number of carbonyl (C=O) groups is 2. The van der Waals surface area contributed by atoms with Crippen LogP contribution >= 0.6 is 0 Å². The summed E-state index contributed by atoms with van der Waals surface area (Å²) >= 11 is 0. The Balaban J connectivity index is 1.95. The fraction of sp³-hybridized carbons (Fsp3) is 0.167. The number of methoxy groups -OCH3 is 1. The molecule has 0 bridgehead atoms. The fourth-order valence-corrected chi connectivity index (χ4v) is 4.47. The number of carbonyl (C=O) groups excluding carboxylic acids is 2. The van der Waals surface area contributed by atoms with Gasteiger partial charge in [-0.2, -0.15) is 0 Å². The van der Waals surface area contributed by atoms with E-state index in [0.29, 0.717) is 33.4 Å². The summed E-state index contributed by atoms with van der Waals surface area (Å²) < 4.78 is 7.36. The summed E-state index contributed by atoms with van der Waals surface area (Å²) in [5.41, 5.74) is 4.18. The molecule has 1 atom stereocenters. The topological polar surface area (TPSA) is 101 Å². The van der Waals surface area contributed by atoms with Gasteiger partial charge in [-0.15, -0.1) is 0 Å². The Morgan fingerprint density at radius 2 is 1.74 bits per heavy atom. The molecule has 1 aliphatic heterocycles. The number of aryl methyl sites for hydroxylation is 1. The van der Waals surface area contributed by atoms with Crippen LogP contribution in [-0.2, 0) is 7.05 Å². The van der Waals surface area contributed by atoms with Crippen LogP contribution < -0.4 is 10.1 Å². The van der Waals surface area contributed by atoms with E-state index in [1.54, 1.807) is 12.1 Å². The molecule has 0 saturated heterocycles. The van der Waals surface area contributed by atoms with Crippen LogP contribution in [0.2, 0.25) is 0 Å². The molecule has 3 aromatic carbocycles. The number of fused-ring (bicyclic) bond motifs is 5. The standard InChI is InChI=1S/C24H20N2O5/c1-26-16-9-15(18(28)11-27)19(31-2)10-14(16)20-17(26)8-13(12-6-4-3-5-7-12)21-22(20)24(30)25-23(21)29/h3-10,18,27-28H,11H2,1-2H3,(H,25,29,30). The Hall–Kier alpha value is -3.68. The number of aromatic nitrogens is 1. The van der Waals surface area contributed by atoms with E-state index in [4.69, 9.17) is 4.74 Å². The van der Waals surface area contributed by atoms with E-state index in [-0.39, 0.29) is 0 Å². The lowest BCUT2D eigenvalue weighted by atomic mass is 9.92. The molecule has 0 radical (unpaired) electrons. The smallest absolute Gasteiger partial charge is 0.259 e. The Morgan fingerprint density at radius 3 is 2.42 bits per heavy atom. The Kier molecular flexibility index (Phi) is 4.32. The van der Waals surface area contributed by atoms with Gasteiger partial charge in [0, 0.05) is 28.9 Å². The maximum atomic E-state index is 12.9. The maximum Gasteiger partial charge on any atom is 0.259 e. The third-order valence-electron chi connectivity index (χ3n) is 5.94. The van der Waals surface area contributed by atoms with Crippen LogP contribution in [0.3, 0.4) is 0 Å². The van der Waals surface area contributed by atoms with Crippen molar-refractivity contribution in [3.63, 3.8) is 0 Å². The first-order valence-corrected chi connectivity index (χ1v) is 9.83. The van der Waals surface area contributed by atoms with Gasteiger partial charge >= 0.3 is 0 Å². The molecule has 0 fully saturated rings. The Morgan fingerprint density at radius 1 is 1.03 bits per heavy atom. The molecular weight excluding hydrogens is 396 g/mol. The molecule has 31 heavy (non-hydrogen) atoms. The minimum absolute atomic E-state index is 0.337. The third kappa shape index (κ3) is 2.67. The zero-order chi connectivity index (χ0) is 21.9. The second-order valence-corrected chi connectivity index (χ2v) is 7.59. The SMILES string of the molecule is COc1cc2c3c4c(c(-c5ccccc5)cc3n(C)c2cc1C(O)CO)C(=O)NC4=O. The number of hydrogen-bond donors (Lipinski definition) is 3. The van der Waals surface area contributed by atoms with Crippen molar-refractivity contribution in [2.45, 2.75) is 6.10 Å². The van der Waals surface area contributed by atoms with E-state index in [2.05, 4.69) is 5.32 Å². The zero-order valence-electron chi connectivity index (χ0n) is 17.0. The Bertz CT molecular complexity index is 1390. The lowest BCUT2D eigenvalue weighted by molar-refractivity contribution is 0.0880. The summed E-state index contributed by atoms with van der Waals surface area (Å²) in [6.07, 6.45) is -1.10. The normalized spacial score (nSPS) is 14.2. The molecule has 2 heterocycles. The number of nitrogens with zero attached hydrogens (tertiary/aromatic N) is 1. The molecule has 0 saturated carbocycles. The van der Waals surface area contributed by atoms with Crippen LogP contribution in [0.4, 0.5) is 0 Å². The largest absolute Gasteiger partial charge is 0.496 e. The Labute approximate surface area is 177 Å². The first-order valence-electron chi connectivity index (χ1n) is 9.83. The number of aliphatic hydroxyl groups is 2. The number of aliphatic hydroxyl groups excluding tert-OH is 2. The van der Waals surface area contributed by atoms with Crippen LogP contribution in [0.25, 0.3) is 32.9 Å². The summed E-state index contributed by atoms with van der Waals surface area (Å²) in [7, 11) is 3.34. The molecule has 0 spiro atoms. The van der Waals surface area contributed by atoms with Crippen molar-refractivity contribution in [2.75, 3.05) is 13.7 Å². The molecule has 2 amide bonds. The van der Waals surface area contributed by atoms with Crippen molar-refractivity contribution >= 4 is 33.6 Å². The van der Waals surface area contributed by atoms with E-state index in [9.17, 15) is 19.8 Å². The van der Waals surface area contributed by atoms with Crippen LogP contribution in [0.15, 0.2) is 48.5 Å². The number of hydrogen-bond acceptors (Lipinski definition) is 5. The highest BCUT2D eigenvalue weighted by Crippen LogP contribution is 2.42. The van der Waals surface area contributed by atoms with Crippen molar-refractivity contribution in [3.8, 4) is 16.9 Å². The van der Waals surface area contributed by atoms with Gasteiger partial charge in [-0.1, -0.05) is 30.3 Å². The molecule has 3 N–H and O–H groups in total. The van der Waals surface area contributed by atoms with Gasteiger partial charge in [0.1, 0.15) is 11.9 Å². The minimum atomic E-state index is -1.10. The lowest BCUT2D eigenvalue weighted by Gasteiger charge is -2.13. The van der Waals surface area contributed by atoms with Crippen LogP contribution in [0, 0.1) is 0 Å². The minimum Gasteiger partial charge on any atom is -0.496 e.